The summed E-state index contributed by atoms with van der Waals surface area (Å²) in [5, 5.41) is 0.440. The molecule has 0 spiro atoms. The van der Waals surface area contributed by atoms with Gasteiger partial charge in [-0.1, -0.05) is 32.4 Å². The van der Waals surface area contributed by atoms with E-state index in [9.17, 15) is 4.79 Å². The average Bonchev–Trinajstić information content (AvgIpc) is 2.06. The van der Waals surface area contributed by atoms with Gasteiger partial charge in [0, 0.05) is 12.0 Å². The van der Waals surface area contributed by atoms with E-state index in [-0.39, 0.29) is 11.2 Å². The van der Waals surface area contributed by atoms with Crippen LogP contribution in [0, 0.1) is 5.41 Å². The van der Waals surface area contributed by atoms with E-state index in [1.807, 2.05) is 20.8 Å². The molecular formula is C12H16ClNO. The summed E-state index contributed by atoms with van der Waals surface area (Å²) < 4.78 is 0. The Morgan fingerprint density at radius 1 is 1.40 bits per heavy atom. The van der Waals surface area contributed by atoms with Gasteiger partial charge in [0.25, 0.3) is 0 Å². The highest BCUT2D eigenvalue weighted by atomic mass is 35.5. The van der Waals surface area contributed by atoms with Crippen molar-refractivity contribution in [3.63, 3.8) is 0 Å². The van der Waals surface area contributed by atoms with E-state index in [2.05, 4.69) is 0 Å². The first kappa shape index (κ1) is 12.1. The largest absolute Gasteiger partial charge is 0.398 e. The fraction of sp³-hybridized carbons (Fsp3) is 0.417. The number of carbonyl (C=O) groups is 1. The standard InChI is InChI=1S/C12H16ClNO/c1-12(2,3)7-11(15)8-4-5-10(14)9(13)6-8/h4-6H,7,14H2,1-3H3. The van der Waals surface area contributed by atoms with Crippen LogP contribution in [-0.4, -0.2) is 5.78 Å². The van der Waals surface area contributed by atoms with Crippen molar-refractivity contribution in [3.8, 4) is 0 Å². The Morgan fingerprint density at radius 2 is 2.00 bits per heavy atom. The SMILES string of the molecule is CC(C)(C)CC(=O)c1ccc(N)c(Cl)c1. The molecule has 15 heavy (non-hydrogen) atoms. The Morgan fingerprint density at radius 3 is 2.47 bits per heavy atom. The van der Waals surface area contributed by atoms with Gasteiger partial charge in [-0.3, -0.25) is 4.79 Å². The summed E-state index contributed by atoms with van der Waals surface area (Å²) in [6, 6.07) is 5.01. The van der Waals surface area contributed by atoms with Gasteiger partial charge in [0.1, 0.15) is 0 Å². The Kier molecular flexibility index (Phi) is 3.40. The molecule has 1 aromatic rings. The van der Waals surface area contributed by atoms with Gasteiger partial charge in [-0.05, 0) is 23.6 Å². The number of hydrogen-bond donors (Lipinski definition) is 1. The molecule has 0 aliphatic rings. The topological polar surface area (TPSA) is 43.1 Å². The number of halogens is 1. The van der Waals surface area contributed by atoms with Gasteiger partial charge in [0.05, 0.1) is 10.7 Å². The molecular weight excluding hydrogens is 210 g/mol. The fourth-order valence-electron chi connectivity index (χ4n) is 1.28. The van der Waals surface area contributed by atoms with Crippen LogP contribution in [0.5, 0.6) is 0 Å². The quantitative estimate of drug-likeness (QED) is 0.618. The van der Waals surface area contributed by atoms with Crippen LogP contribution in [0.1, 0.15) is 37.6 Å². The number of hydrogen-bond acceptors (Lipinski definition) is 2. The molecule has 3 heteroatoms. The van der Waals surface area contributed by atoms with Crippen molar-refractivity contribution >= 4 is 23.1 Å². The summed E-state index contributed by atoms with van der Waals surface area (Å²) in [6.07, 6.45) is 0.507. The lowest BCUT2D eigenvalue weighted by Crippen LogP contribution is -2.13. The Hall–Kier alpha value is -1.02. The minimum absolute atomic E-state index is 0.00898. The third-order valence-electron chi connectivity index (χ3n) is 2.01. The summed E-state index contributed by atoms with van der Waals surface area (Å²) in [5.74, 6) is 0.101. The first-order chi connectivity index (χ1) is 6.79. The summed E-state index contributed by atoms with van der Waals surface area (Å²) >= 11 is 5.85. The van der Waals surface area contributed by atoms with Crippen LogP contribution in [0.2, 0.25) is 5.02 Å². The van der Waals surface area contributed by atoms with Crippen LogP contribution in [0.25, 0.3) is 0 Å². The summed E-state index contributed by atoms with van der Waals surface area (Å²) in [6.45, 7) is 6.09. The molecule has 0 saturated heterocycles. The predicted molar refractivity (Wildman–Crippen MR) is 64.3 cm³/mol. The highest BCUT2D eigenvalue weighted by Gasteiger charge is 2.17. The monoisotopic (exact) mass is 225 g/mol. The highest BCUT2D eigenvalue weighted by molar-refractivity contribution is 6.33. The lowest BCUT2D eigenvalue weighted by molar-refractivity contribution is 0.0940. The van der Waals surface area contributed by atoms with Crippen LogP contribution < -0.4 is 5.73 Å². The number of nitrogen functional groups attached to an aromatic ring is 1. The van der Waals surface area contributed by atoms with Gasteiger partial charge in [-0.2, -0.15) is 0 Å². The zero-order chi connectivity index (χ0) is 11.6. The molecule has 0 atom stereocenters. The van der Waals surface area contributed by atoms with Crippen LogP contribution in [0.4, 0.5) is 5.69 Å². The van der Waals surface area contributed by atoms with E-state index < -0.39 is 0 Å². The van der Waals surface area contributed by atoms with E-state index in [0.717, 1.165) is 0 Å². The number of ketones is 1. The third kappa shape index (κ3) is 3.56. The molecule has 0 aliphatic heterocycles. The summed E-state index contributed by atoms with van der Waals surface area (Å²) in [7, 11) is 0. The van der Waals surface area contributed by atoms with Gasteiger partial charge < -0.3 is 5.73 Å². The van der Waals surface area contributed by atoms with Gasteiger partial charge in [0.15, 0.2) is 5.78 Å². The molecule has 2 N–H and O–H groups in total. The smallest absolute Gasteiger partial charge is 0.163 e. The maximum atomic E-state index is 11.8. The van der Waals surface area contributed by atoms with E-state index in [4.69, 9.17) is 17.3 Å². The maximum Gasteiger partial charge on any atom is 0.163 e. The third-order valence-corrected chi connectivity index (χ3v) is 2.34. The van der Waals surface area contributed by atoms with Crippen molar-refractivity contribution < 1.29 is 4.79 Å². The number of carbonyl (C=O) groups excluding carboxylic acids is 1. The van der Waals surface area contributed by atoms with Gasteiger partial charge >= 0.3 is 0 Å². The van der Waals surface area contributed by atoms with E-state index >= 15 is 0 Å². The predicted octanol–water partition coefficient (Wildman–Crippen LogP) is 3.54. The van der Waals surface area contributed by atoms with Crippen LogP contribution in [0.15, 0.2) is 18.2 Å². The molecule has 0 bridgehead atoms. The first-order valence-corrected chi connectivity index (χ1v) is 5.25. The van der Waals surface area contributed by atoms with E-state index in [1.54, 1.807) is 18.2 Å². The van der Waals surface area contributed by atoms with Crippen molar-refractivity contribution in [2.24, 2.45) is 5.41 Å². The number of nitrogens with two attached hydrogens (primary N) is 1. The van der Waals surface area contributed by atoms with Crippen molar-refractivity contribution in [1.82, 2.24) is 0 Å². The molecule has 0 aliphatic carbocycles. The number of benzene rings is 1. The van der Waals surface area contributed by atoms with Crippen molar-refractivity contribution in [2.75, 3.05) is 5.73 Å². The fourth-order valence-corrected chi connectivity index (χ4v) is 1.46. The molecule has 0 heterocycles. The molecule has 0 saturated carbocycles. The highest BCUT2D eigenvalue weighted by Crippen LogP contribution is 2.24. The minimum Gasteiger partial charge on any atom is -0.398 e. The molecule has 1 aromatic carbocycles. The van der Waals surface area contributed by atoms with Crippen LogP contribution in [-0.2, 0) is 0 Å². The Bertz CT molecular complexity index is 380. The van der Waals surface area contributed by atoms with Crippen molar-refractivity contribution in [2.45, 2.75) is 27.2 Å². The lowest BCUT2D eigenvalue weighted by atomic mass is 9.88. The van der Waals surface area contributed by atoms with E-state index in [0.29, 0.717) is 22.7 Å². The van der Waals surface area contributed by atoms with Crippen molar-refractivity contribution in [1.29, 1.82) is 0 Å². The van der Waals surface area contributed by atoms with Crippen molar-refractivity contribution in [3.05, 3.63) is 28.8 Å². The Labute approximate surface area is 95.4 Å². The molecule has 0 radical (unpaired) electrons. The molecule has 0 unspecified atom stereocenters. The second kappa shape index (κ2) is 4.23. The molecule has 82 valence electrons. The normalized spacial score (nSPS) is 11.5. The molecule has 0 amide bonds. The lowest BCUT2D eigenvalue weighted by Gasteiger charge is -2.16. The molecule has 0 aromatic heterocycles. The van der Waals surface area contributed by atoms with Gasteiger partial charge in [-0.25, -0.2) is 0 Å². The second-order valence-electron chi connectivity index (χ2n) is 4.90. The van der Waals surface area contributed by atoms with Crippen LogP contribution >= 0.6 is 11.6 Å². The number of anilines is 1. The number of rotatable bonds is 2. The molecule has 2 nitrogen and oxygen atoms in total. The zero-order valence-corrected chi connectivity index (χ0v) is 10.1. The molecule has 0 fully saturated rings. The van der Waals surface area contributed by atoms with Gasteiger partial charge in [0.2, 0.25) is 0 Å². The maximum absolute atomic E-state index is 11.8. The van der Waals surface area contributed by atoms with Crippen LogP contribution in [0.3, 0.4) is 0 Å². The zero-order valence-electron chi connectivity index (χ0n) is 9.30. The summed E-state index contributed by atoms with van der Waals surface area (Å²) in [4.78, 5) is 11.8. The van der Waals surface area contributed by atoms with Gasteiger partial charge in [-0.15, -0.1) is 0 Å². The number of Topliss-reactive ketones (excluding diaryl/α,β-unsaturated/α-hetero) is 1. The minimum atomic E-state index is -0.00898. The molecule has 1 rings (SSSR count). The van der Waals surface area contributed by atoms with E-state index in [1.165, 1.54) is 0 Å². The summed E-state index contributed by atoms with van der Waals surface area (Å²) in [5.41, 5.74) is 6.70. The first-order valence-electron chi connectivity index (χ1n) is 4.88. The second-order valence-corrected chi connectivity index (χ2v) is 5.30. The average molecular weight is 226 g/mol. The Balaban J connectivity index is 2.88.